The van der Waals surface area contributed by atoms with E-state index in [-0.39, 0.29) is 18.1 Å². The van der Waals surface area contributed by atoms with Crippen molar-refractivity contribution in [2.75, 3.05) is 13.6 Å². The van der Waals surface area contributed by atoms with Crippen LogP contribution in [-0.4, -0.2) is 54.3 Å². The Kier molecular flexibility index (Phi) is 9.33. The van der Waals surface area contributed by atoms with Gasteiger partial charge in [0, 0.05) is 31.9 Å². The quantitative estimate of drug-likeness (QED) is 0.655. The molecule has 0 aromatic carbocycles. The molecule has 27 heavy (non-hydrogen) atoms. The summed E-state index contributed by atoms with van der Waals surface area (Å²) in [6, 6.07) is 0.809. The number of hydrogen-bond acceptors (Lipinski definition) is 3. The van der Waals surface area contributed by atoms with Crippen molar-refractivity contribution in [3.05, 3.63) is 35.2 Å². The molecule has 0 saturated heterocycles. The van der Waals surface area contributed by atoms with Crippen LogP contribution in [0, 0.1) is 0 Å². The second-order valence-electron chi connectivity index (χ2n) is 7.03. The van der Waals surface area contributed by atoms with Crippen molar-refractivity contribution in [3.8, 4) is 0 Å². The van der Waals surface area contributed by atoms with Crippen LogP contribution in [0.15, 0.2) is 40.2 Å². The van der Waals surface area contributed by atoms with Gasteiger partial charge in [0.15, 0.2) is 0 Å². The van der Waals surface area contributed by atoms with Gasteiger partial charge in [0.2, 0.25) is 0 Å². The van der Waals surface area contributed by atoms with Gasteiger partial charge in [0.05, 0.1) is 11.7 Å². The molecule has 1 N–H and O–H groups in total. The van der Waals surface area contributed by atoms with E-state index in [1.54, 1.807) is 0 Å². The van der Waals surface area contributed by atoms with Gasteiger partial charge in [-0.3, -0.25) is 4.99 Å². The summed E-state index contributed by atoms with van der Waals surface area (Å²) < 4.78 is 0. The van der Waals surface area contributed by atoms with Gasteiger partial charge in [0.1, 0.15) is 0 Å². The highest BCUT2D eigenvalue weighted by Crippen LogP contribution is 2.35. The third kappa shape index (κ3) is 5.47. The van der Waals surface area contributed by atoms with E-state index in [2.05, 4.69) is 61.9 Å². The second kappa shape index (κ2) is 11.0. The lowest BCUT2D eigenvalue weighted by molar-refractivity contribution is 0.177. The second-order valence-corrected chi connectivity index (χ2v) is 7.03. The Labute approximate surface area is 165 Å². The first-order valence-electron chi connectivity index (χ1n) is 10.3. The number of rotatable bonds is 7. The van der Waals surface area contributed by atoms with Crippen LogP contribution in [0.2, 0.25) is 0 Å². The molecule has 1 atom stereocenters. The smallest absolute Gasteiger partial charge is 0.317 e. The van der Waals surface area contributed by atoms with E-state index in [4.69, 9.17) is 0 Å². The summed E-state index contributed by atoms with van der Waals surface area (Å²) in [7, 11) is 2.06. The number of nitrogens with one attached hydrogen (secondary N) is 1. The van der Waals surface area contributed by atoms with Crippen LogP contribution in [0.1, 0.15) is 60.8 Å². The molecule has 1 aliphatic heterocycles. The maximum absolute atomic E-state index is 12.7. The molecule has 0 aromatic rings. The van der Waals surface area contributed by atoms with Gasteiger partial charge in [-0.1, -0.05) is 32.9 Å². The molecule has 152 valence electrons. The average Bonchev–Trinajstić information content (AvgIpc) is 3.43. The Morgan fingerprint density at radius 1 is 1.41 bits per heavy atom. The normalized spacial score (nSPS) is 21.0. The minimum atomic E-state index is 0.0445. The Balaban J connectivity index is 0.00000176. The summed E-state index contributed by atoms with van der Waals surface area (Å²) >= 11 is 0. The largest absolute Gasteiger partial charge is 0.364 e. The van der Waals surface area contributed by atoms with E-state index in [1.165, 1.54) is 11.1 Å². The van der Waals surface area contributed by atoms with Crippen molar-refractivity contribution < 1.29 is 4.79 Å². The first-order valence-corrected chi connectivity index (χ1v) is 10.3. The molecule has 2 amide bonds. The SMILES string of the molecule is C=N/C=C1C(CC)=C(/C=C\C)C(CNC(=O)N(C(C)C)C2CC2)N/1C.CC. The lowest BCUT2D eigenvalue weighted by Crippen LogP contribution is -2.48. The zero-order chi connectivity index (χ0) is 20.6. The molecular weight excluding hydrogens is 336 g/mol. The van der Waals surface area contributed by atoms with E-state index < -0.39 is 0 Å². The standard InChI is InChI=1S/C20H32N4O.C2H6/c1-7-9-17-16(8-2)18(12-21-5)23(6)19(17)13-22-20(25)24(14(3)4)15-10-11-15;1-2/h7,9,12,14-15,19H,5,8,10-11,13H2,1-4,6H3,(H,22,25);1-2H3/b9-7-,18-12-;. The van der Waals surface area contributed by atoms with Gasteiger partial charge >= 0.3 is 6.03 Å². The number of carbonyl (C=O) groups excluding carboxylic acids is 1. The summed E-state index contributed by atoms with van der Waals surface area (Å²) in [5.74, 6) is 0. The Morgan fingerprint density at radius 2 is 2.04 bits per heavy atom. The van der Waals surface area contributed by atoms with Crippen LogP contribution in [0.4, 0.5) is 4.79 Å². The van der Waals surface area contributed by atoms with Crippen LogP contribution in [-0.2, 0) is 0 Å². The average molecular weight is 375 g/mol. The molecule has 0 aromatic heterocycles. The lowest BCUT2D eigenvalue weighted by Gasteiger charge is -2.30. The summed E-state index contributed by atoms with van der Waals surface area (Å²) in [4.78, 5) is 20.8. The fraction of sp³-hybridized carbons (Fsp3) is 0.636. The van der Waals surface area contributed by atoms with Crippen LogP contribution in [0.25, 0.3) is 0 Å². The number of hydrogen-bond donors (Lipinski definition) is 1. The lowest BCUT2D eigenvalue weighted by atomic mass is 10.0. The number of aliphatic imine (C=N–C) groups is 1. The zero-order valence-corrected chi connectivity index (χ0v) is 18.2. The van der Waals surface area contributed by atoms with Crippen molar-refractivity contribution >= 4 is 12.7 Å². The summed E-state index contributed by atoms with van der Waals surface area (Å²) in [5, 5.41) is 3.16. The maximum Gasteiger partial charge on any atom is 0.317 e. The molecule has 1 fully saturated rings. The van der Waals surface area contributed by atoms with Crippen molar-refractivity contribution in [3.63, 3.8) is 0 Å². The van der Waals surface area contributed by atoms with Crippen molar-refractivity contribution in [2.24, 2.45) is 4.99 Å². The number of nitrogens with zero attached hydrogens (tertiary/aromatic N) is 3. The van der Waals surface area contributed by atoms with Crippen molar-refractivity contribution in [1.82, 2.24) is 15.1 Å². The summed E-state index contributed by atoms with van der Waals surface area (Å²) in [5.41, 5.74) is 3.62. The number of likely N-dealkylation sites (N-methyl/N-ethyl adjacent to an activating group) is 1. The van der Waals surface area contributed by atoms with E-state index in [1.807, 2.05) is 31.9 Å². The topological polar surface area (TPSA) is 47.9 Å². The molecule has 5 nitrogen and oxygen atoms in total. The van der Waals surface area contributed by atoms with Crippen LogP contribution in [0.5, 0.6) is 0 Å². The highest BCUT2D eigenvalue weighted by atomic mass is 16.2. The minimum absolute atomic E-state index is 0.0445. The molecule has 0 bridgehead atoms. The number of urea groups is 1. The van der Waals surface area contributed by atoms with E-state index >= 15 is 0 Å². The molecular formula is C22H38N4O. The first-order chi connectivity index (χ1) is 13.0. The fourth-order valence-electron chi connectivity index (χ4n) is 3.67. The molecule has 2 aliphatic rings. The van der Waals surface area contributed by atoms with Crippen LogP contribution in [0.3, 0.4) is 0 Å². The minimum Gasteiger partial charge on any atom is -0.364 e. The highest BCUT2D eigenvalue weighted by Gasteiger charge is 2.36. The Bertz CT molecular complexity index is 597. The van der Waals surface area contributed by atoms with Gasteiger partial charge in [-0.25, -0.2) is 4.79 Å². The Hall–Kier alpha value is -2.04. The number of allylic oxidation sites excluding steroid dienone is 2. The van der Waals surface area contributed by atoms with Crippen LogP contribution < -0.4 is 5.32 Å². The zero-order valence-electron chi connectivity index (χ0n) is 18.2. The maximum atomic E-state index is 12.7. The molecule has 1 heterocycles. The van der Waals surface area contributed by atoms with E-state index in [0.29, 0.717) is 12.6 Å². The number of carbonyl (C=O) groups is 1. The summed E-state index contributed by atoms with van der Waals surface area (Å²) in [6.07, 6.45) is 9.19. The molecule has 5 heteroatoms. The van der Waals surface area contributed by atoms with E-state index in [0.717, 1.165) is 25.0 Å². The van der Waals surface area contributed by atoms with Gasteiger partial charge < -0.3 is 15.1 Å². The fourth-order valence-corrected chi connectivity index (χ4v) is 3.67. The predicted molar refractivity (Wildman–Crippen MR) is 116 cm³/mol. The van der Waals surface area contributed by atoms with E-state index in [9.17, 15) is 4.79 Å². The van der Waals surface area contributed by atoms with Crippen molar-refractivity contribution in [1.29, 1.82) is 0 Å². The monoisotopic (exact) mass is 374 g/mol. The summed E-state index contributed by atoms with van der Waals surface area (Å²) in [6.45, 7) is 16.5. The third-order valence-electron chi connectivity index (χ3n) is 4.96. The van der Waals surface area contributed by atoms with Gasteiger partial charge in [-0.05, 0) is 57.9 Å². The van der Waals surface area contributed by atoms with Crippen molar-refractivity contribution in [2.45, 2.75) is 78.9 Å². The highest BCUT2D eigenvalue weighted by molar-refractivity contribution is 5.75. The first kappa shape index (κ1) is 23.0. The van der Waals surface area contributed by atoms with Gasteiger partial charge in [0.25, 0.3) is 0 Å². The molecule has 1 unspecified atom stereocenters. The molecule has 0 spiro atoms. The third-order valence-corrected chi connectivity index (χ3v) is 4.96. The Morgan fingerprint density at radius 3 is 2.48 bits per heavy atom. The van der Waals surface area contributed by atoms with Gasteiger partial charge in [-0.15, -0.1) is 0 Å². The molecule has 2 rings (SSSR count). The van der Waals surface area contributed by atoms with Gasteiger partial charge in [-0.2, -0.15) is 0 Å². The number of amides is 2. The molecule has 1 saturated carbocycles. The molecule has 0 radical (unpaired) electrons. The molecule has 1 aliphatic carbocycles. The predicted octanol–water partition coefficient (Wildman–Crippen LogP) is 4.73. The van der Waals surface area contributed by atoms with Crippen LogP contribution >= 0.6 is 0 Å².